The second kappa shape index (κ2) is 23.1. The van der Waals surface area contributed by atoms with Crippen molar-refractivity contribution in [2.24, 2.45) is 0 Å². The number of para-hydroxylation sites is 2. The summed E-state index contributed by atoms with van der Waals surface area (Å²) in [5.74, 6) is 4.76. The van der Waals surface area contributed by atoms with Crippen LogP contribution in [0.15, 0.2) is 312 Å². The van der Waals surface area contributed by atoms with E-state index in [9.17, 15) is 0 Å². The number of nitrogens with zero attached hydrogens (tertiary/aromatic N) is 8. The van der Waals surface area contributed by atoms with Gasteiger partial charge in [0, 0.05) is 106 Å². The summed E-state index contributed by atoms with van der Waals surface area (Å²) in [6, 6.07) is 101. The molecule has 18 aromatic rings. The van der Waals surface area contributed by atoms with Gasteiger partial charge in [-0.3, -0.25) is 0 Å². The molecule has 0 amide bonds. The van der Waals surface area contributed by atoms with Gasteiger partial charge in [-0.25, -0.2) is 29.9 Å². The Hall–Kier alpha value is -13.4. The fourth-order valence-electron chi connectivity index (χ4n) is 15.3. The van der Waals surface area contributed by atoms with Crippen LogP contribution in [0.4, 0.5) is 11.4 Å². The molecule has 7 heterocycles. The topological polar surface area (TPSA) is 121 Å². The lowest BCUT2D eigenvalue weighted by atomic mass is 9.90. The highest BCUT2D eigenvalue weighted by molar-refractivity contribution is 6.18. The van der Waals surface area contributed by atoms with Gasteiger partial charge in [0.15, 0.2) is 34.9 Å². The van der Waals surface area contributed by atoms with Crippen molar-refractivity contribution in [2.75, 3.05) is 11.4 Å². The van der Waals surface area contributed by atoms with Crippen LogP contribution in [0.1, 0.15) is 24.0 Å². The lowest BCUT2D eigenvalue weighted by Crippen LogP contribution is -2.12. The summed E-state index contributed by atoms with van der Waals surface area (Å²) in [4.78, 5) is 34.2. The maximum Gasteiger partial charge on any atom is 0.164 e. The number of fused-ring (bicyclic) bond motifs is 11. The van der Waals surface area contributed by atoms with Gasteiger partial charge in [0.1, 0.15) is 33.8 Å². The molecule has 20 rings (SSSR count). The Morgan fingerprint density at radius 2 is 0.851 bits per heavy atom. The second-order valence-electron chi connectivity index (χ2n) is 26.1. The van der Waals surface area contributed by atoms with Gasteiger partial charge in [-0.2, -0.15) is 0 Å². The molecule has 0 bridgehead atoms. The predicted octanol–water partition coefficient (Wildman–Crippen LogP) is 22.7. The molecule has 0 saturated carbocycles. The normalized spacial score (nSPS) is 13.5. The maximum absolute atomic E-state index is 7.18. The minimum absolute atomic E-state index is 0.00611. The van der Waals surface area contributed by atoms with Crippen molar-refractivity contribution < 1.29 is 13.6 Å². The van der Waals surface area contributed by atoms with Gasteiger partial charge in [-0.05, 0) is 143 Å². The SMILES string of the molecule is C=C1Oc2cccc(-c3ccc4oc5c(-c6cccc(-c7nc(-c8ccccc8)nc(-c8cccc9oc%10ccc(-c%11ccc%12c(c%11)c%11cc%13c(cc%11n%12-c%11ccccc%11)CCN%13c%11ccccc%11)cc%10c89)n7)c6)ccc(-c6nc(-c7ccccc7)nc(-c7ccccc7)n6)c5c4c3)c2C1C. The number of furan rings is 2. The summed E-state index contributed by atoms with van der Waals surface area (Å²) in [5.41, 5.74) is 22.3. The Kier molecular flexibility index (Phi) is 13.3. The Bertz CT molecular complexity index is 6350. The minimum Gasteiger partial charge on any atom is -0.461 e. The average molecular weight is 1300 g/mol. The van der Waals surface area contributed by atoms with Crippen molar-refractivity contribution in [3.63, 3.8) is 0 Å². The van der Waals surface area contributed by atoms with Crippen molar-refractivity contribution in [3.8, 4) is 113 Å². The van der Waals surface area contributed by atoms with Crippen LogP contribution in [0.3, 0.4) is 0 Å². The van der Waals surface area contributed by atoms with Gasteiger partial charge in [0.05, 0.1) is 11.0 Å². The molecule has 0 fully saturated rings. The predicted molar refractivity (Wildman–Crippen MR) is 406 cm³/mol. The lowest BCUT2D eigenvalue weighted by molar-refractivity contribution is 0.435. The zero-order chi connectivity index (χ0) is 66.8. The molecule has 0 saturated heterocycles. The first-order valence-electron chi connectivity index (χ1n) is 34.1. The quantitative estimate of drug-likeness (QED) is 0.124. The average Bonchev–Trinajstić information content (AvgIpc) is 1.60. The molecule has 13 aromatic carbocycles. The number of hydrogen-bond acceptors (Lipinski definition) is 10. The van der Waals surface area contributed by atoms with Crippen LogP contribution in [-0.2, 0) is 6.42 Å². The van der Waals surface area contributed by atoms with Crippen LogP contribution >= 0.6 is 0 Å². The molecular formula is C90H58N8O3. The lowest BCUT2D eigenvalue weighted by Gasteiger charge is -2.19. The van der Waals surface area contributed by atoms with Crippen LogP contribution in [0.25, 0.3) is 173 Å². The van der Waals surface area contributed by atoms with E-state index in [4.69, 9.17) is 43.5 Å². The molecule has 0 radical (unpaired) electrons. The van der Waals surface area contributed by atoms with Crippen molar-refractivity contribution in [1.29, 1.82) is 0 Å². The van der Waals surface area contributed by atoms with Gasteiger partial charge >= 0.3 is 0 Å². The molecule has 11 nitrogen and oxygen atoms in total. The summed E-state index contributed by atoms with van der Waals surface area (Å²) in [5, 5.41) is 6.04. The maximum atomic E-state index is 7.18. The Morgan fingerprint density at radius 1 is 0.356 bits per heavy atom. The van der Waals surface area contributed by atoms with Gasteiger partial charge in [-0.15, -0.1) is 0 Å². The van der Waals surface area contributed by atoms with Gasteiger partial charge < -0.3 is 23.0 Å². The second-order valence-corrected chi connectivity index (χ2v) is 26.1. The number of benzene rings is 13. The van der Waals surface area contributed by atoms with E-state index in [1.54, 1.807) is 0 Å². The van der Waals surface area contributed by atoms with Gasteiger partial charge in [-0.1, -0.05) is 202 Å². The number of aromatic nitrogens is 7. The highest BCUT2D eigenvalue weighted by Crippen LogP contribution is 2.49. The number of allylic oxidation sites excluding steroid dienone is 1. The largest absolute Gasteiger partial charge is 0.461 e. The number of rotatable bonds is 11. The first-order chi connectivity index (χ1) is 49.8. The zero-order valence-corrected chi connectivity index (χ0v) is 54.7. The summed E-state index contributed by atoms with van der Waals surface area (Å²) < 4.78 is 22.6. The van der Waals surface area contributed by atoms with E-state index >= 15 is 0 Å². The zero-order valence-electron chi connectivity index (χ0n) is 54.7. The summed E-state index contributed by atoms with van der Waals surface area (Å²) in [6.07, 6.45) is 0.976. The number of anilines is 2. The Labute approximate surface area is 580 Å². The minimum atomic E-state index is 0.00611. The molecule has 11 heteroatoms. The third-order valence-electron chi connectivity index (χ3n) is 20.2. The number of ether oxygens (including phenoxy) is 1. The molecular weight excluding hydrogens is 1240 g/mol. The molecule has 476 valence electrons. The van der Waals surface area contributed by atoms with E-state index < -0.39 is 0 Å². The molecule has 2 aliphatic heterocycles. The van der Waals surface area contributed by atoms with Gasteiger partial charge in [0.25, 0.3) is 0 Å². The molecule has 101 heavy (non-hydrogen) atoms. The van der Waals surface area contributed by atoms with Crippen molar-refractivity contribution in [1.82, 2.24) is 34.5 Å². The molecule has 2 aliphatic rings. The first kappa shape index (κ1) is 57.8. The number of hydrogen-bond donors (Lipinski definition) is 0. The third-order valence-corrected chi connectivity index (χ3v) is 20.2. The first-order valence-corrected chi connectivity index (χ1v) is 34.1. The van der Waals surface area contributed by atoms with Crippen LogP contribution in [0.2, 0.25) is 0 Å². The standard InChI is InChI=1S/C90H58N8O3/c1-53-54(2)99-79-35-19-33-66(81(53)79)61-39-44-78-73(50-61)83-69(90-94-85(55-21-8-3-9-22-55)91-86(95-90)56-23-10-4-11-24-56)41-40-67(84(83)101-78)60-27-18-28-63(47-60)88-92-87(57-25-12-5-13-26-57)93-89(96-88)68-34-20-36-80-82(68)72-49-59(38-43-77(72)100-80)58-37-42-74-70(48-58)71-52-75-62(45-46-97(75)64-29-14-6-15-30-64)51-76(71)98(74)65-31-16-7-17-32-65/h3-44,47-53H,2,45-46H2,1H3. The highest BCUT2D eigenvalue weighted by atomic mass is 16.5. The molecule has 0 spiro atoms. The Morgan fingerprint density at radius 3 is 1.53 bits per heavy atom. The van der Waals surface area contributed by atoms with E-state index in [1.807, 2.05) is 115 Å². The van der Waals surface area contributed by atoms with E-state index in [0.29, 0.717) is 46.1 Å². The third kappa shape index (κ3) is 9.64. The fourth-order valence-corrected chi connectivity index (χ4v) is 15.3. The van der Waals surface area contributed by atoms with Crippen molar-refractivity contribution >= 4 is 77.1 Å². The van der Waals surface area contributed by atoms with Crippen molar-refractivity contribution in [2.45, 2.75) is 19.3 Å². The van der Waals surface area contributed by atoms with Crippen molar-refractivity contribution in [3.05, 3.63) is 315 Å². The van der Waals surface area contributed by atoms with Crippen LogP contribution in [0, 0.1) is 0 Å². The monoisotopic (exact) mass is 1300 g/mol. The molecule has 1 atom stereocenters. The smallest absolute Gasteiger partial charge is 0.164 e. The molecule has 0 N–H and O–H groups in total. The summed E-state index contributed by atoms with van der Waals surface area (Å²) >= 11 is 0. The fraction of sp³-hybridized carbons (Fsp3) is 0.0444. The molecule has 0 aliphatic carbocycles. The Balaban J connectivity index is 0.733. The summed E-state index contributed by atoms with van der Waals surface area (Å²) in [7, 11) is 0. The molecule has 1 unspecified atom stereocenters. The van der Waals surface area contributed by atoms with Crippen LogP contribution in [-0.4, -0.2) is 41.0 Å². The van der Waals surface area contributed by atoms with Gasteiger partial charge in [0.2, 0.25) is 0 Å². The van der Waals surface area contributed by atoms with Crippen LogP contribution < -0.4 is 9.64 Å². The van der Waals surface area contributed by atoms with E-state index in [0.717, 1.165) is 141 Å². The van der Waals surface area contributed by atoms with E-state index in [2.05, 4.69) is 199 Å². The molecule has 5 aromatic heterocycles. The summed E-state index contributed by atoms with van der Waals surface area (Å²) in [6.45, 7) is 7.34. The van der Waals surface area contributed by atoms with E-state index in [-0.39, 0.29) is 5.92 Å². The van der Waals surface area contributed by atoms with Crippen LogP contribution in [0.5, 0.6) is 5.75 Å². The highest BCUT2D eigenvalue weighted by Gasteiger charge is 2.30. The van der Waals surface area contributed by atoms with E-state index in [1.165, 1.54) is 33.2 Å².